The van der Waals surface area contributed by atoms with Gasteiger partial charge in [0.2, 0.25) is 0 Å². The maximum atomic E-state index is 13.8. The van der Waals surface area contributed by atoms with Gasteiger partial charge in [-0.1, -0.05) is 54.6 Å². The molecule has 4 rings (SSSR count). The van der Waals surface area contributed by atoms with Gasteiger partial charge < -0.3 is 15.5 Å². The van der Waals surface area contributed by atoms with Crippen molar-refractivity contribution in [1.82, 2.24) is 10.6 Å². The van der Waals surface area contributed by atoms with Crippen molar-refractivity contribution >= 4 is 23.4 Å². The maximum Gasteiger partial charge on any atom is 0.259 e. The van der Waals surface area contributed by atoms with Crippen LogP contribution in [0.15, 0.2) is 84.9 Å². The number of para-hydroxylation sites is 1. The summed E-state index contributed by atoms with van der Waals surface area (Å²) in [6.45, 7) is 3.77. The van der Waals surface area contributed by atoms with E-state index in [4.69, 9.17) is 0 Å². The molecule has 2 N–H and O–H groups in total. The Morgan fingerprint density at radius 2 is 1.34 bits per heavy atom. The third-order valence-corrected chi connectivity index (χ3v) is 5.64. The van der Waals surface area contributed by atoms with E-state index in [9.17, 15) is 14.4 Å². The summed E-state index contributed by atoms with van der Waals surface area (Å²) in [6.07, 6.45) is 0. The second-order valence-corrected chi connectivity index (χ2v) is 8.06. The lowest BCUT2D eigenvalue weighted by Crippen LogP contribution is -2.59. The normalized spacial score (nSPS) is 17.2. The van der Waals surface area contributed by atoms with E-state index in [1.165, 1.54) is 0 Å². The van der Waals surface area contributed by atoms with Gasteiger partial charge in [-0.15, -0.1) is 0 Å². The van der Waals surface area contributed by atoms with Crippen LogP contribution in [0.25, 0.3) is 0 Å². The number of nitrogens with one attached hydrogen (secondary N) is 2. The predicted octanol–water partition coefficient (Wildman–Crippen LogP) is 3.50. The van der Waals surface area contributed by atoms with Crippen LogP contribution in [-0.2, 0) is 10.3 Å². The van der Waals surface area contributed by atoms with E-state index >= 15 is 0 Å². The Morgan fingerprint density at radius 3 is 1.94 bits per heavy atom. The molecule has 32 heavy (non-hydrogen) atoms. The Kier molecular flexibility index (Phi) is 5.77. The molecule has 6 nitrogen and oxygen atoms in total. The first-order valence-corrected chi connectivity index (χ1v) is 10.6. The van der Waals surface area contributed by atoms with Crippen molar-refractivity contribution in [2.24, 2.45) is 0 Å². The number of amides is 3. The average molecular weight is 428 g/mol. The van der Waals surface area contributed by atoms with E-state index in [2.05, 4.69) is 10.6 Å². The minimum absolute atomic E-state index is 0.0711. The lowest BCUT2D eigenvalue weighted by molar-refractivity contribution is -0.124. The van der Waals surface area contributed by atoms with Gasteiger partial charge in [0, 0.05) is 22.7 Å². The van der Waals surface area contributed by atoms with Gasteiger partial charge in [-0.25, -0.2) is 0 Å². The number of hydrogen-bond donors (Lipinski definition) is 2. The summed E-state index contributed by atoms with van der Waals surface area (Å²) in [7, 11) is 0. The molecule has 0 aromatic heterocycles. The van der Waals surface area contributed by atoms with Crippen LogP contribution in [0.5, 0.6) is 0 Å². The molecule has 1 aliphatic heterocycles. The van der Waals surface area contributed by atoms with Crippen LogP contribution in [0, 0.1) is 0 Å². The number of carbonyl (C=O) groups excluding carboxylic acids is 3. The predicted molar refractivity (Wildman–Crippen MR) is 123 cm³/mol. The molecule has 0 saturated heterocycles. The minimum atomic E-state index is -1.42. The quantitative estimate of drug-likeness (QED) is 0.632. The highest BCUT2D eigenvalue weighted by Crippen LogP contribution is 2.41. The summed E-state index contributed by atoms with van der Waals surface area (Å²) in [5.41, 5.74) is 0.898. The molecule has 0 spiro atoms. The van der Waals surface area contributed by atoms with E-state index < -0.39 is 5.54 Å². The lowest BCUT2D eigenvalue weighted by Gasteiger charge is -2.31. The molecule has 0 saturated carbocycles. The number of anilines is 1. The SMILES string of the molecule is CC(C)N1C(=O)C(CNC(=O)c2ccccc2)(NC(=O)c2ccccc2)c2ccccc21. The fourth-order valence-electron chi connectivity index (χ4n) is 4.08. The van der Waals surface area contributed by atoms with Crippen molar-refractivity contribution < 1.29 is 14.4 Å². The van der Waals surface area contributed by atoms with Gasteiger partial charge >= 0.3 is 0 Å². The summed E-state index contributed by atoms with van der Waals surface area (Å²) >= 11 is 0. The van der Waals surface area contributed by atoms with Gasteiger partial charge in [0.15, 0.2) is 5.54 Å². The first kappa shape index (κ1) is 21.3. The van der Waals surface area contributed by atoms with Crippen LogP contribution in [0.4, 0.5) is 5.69 Å². The molecule has 1 heterocycles. The minimum Gasteiger partial charge on any atom is -0.349 e. The van der Waals surface area contributed by atoms with E-state index in [-0.39, 0.29) is 30.3 Å². The highest BCUT2D eigenvalue weighted by molar-refractivity contribution is 6.11. The largest absolute Gasteiger partial charge is 0.349 e. The molecule has 1 unspecified atom stereocenters. The zero-order chi connectivity index (χ0) is 22.7. The smallest absolute Gasteiger partial charge is 0.259 e. The van der Waals surface area contributed by atoms with Gasteiger partial charge in [-0.2, -0.15) is 0 Å². The third kappa shape index (κ3) is 3.75. The molecule has 0 radical (unpaired) electrons. The number of fused-ring (bicyclic) bond motifs is 1. The van der Waals surface area contributed by atoms with Crippen LogP contribution in [0.2, 0.25) is 0 Å². The zero-order valence-electron chi connectivity index (χ0n) is 18.0. The van der Waals surface area contributed by atoms with Crippen LogP contribution in [-0.4, -0.2) is 30.3 Å². The fraction of sp³-hybridized carbons (Fsp3) is 0.192. The molecule has 0 fully saturated rings. The summed E-state index contributed by atoms with van der Waals surface area (Å²) < 4.78 is 0. The summed E-state index contributed by atoms with van der Waals surface area (Å²) in [5.74, 6) is -0.966. The molecule has 1 atom stereocenters. The second-order valence-electron chi connectivity index (χ2n) is 8.06. The third-order valence-electron chi connectivity index (χ3n) is 5.64. The van der Waals surface area contributed by atoms with Gasteiger partial charge in [-0.3, -0.25) is 14.4 Å². The van der Waals surface area contributed by atoms with Crippen LogP contribution >= 0.6 is 0 Å². The standard InChI is InChI=1S/C26H25N3O3/c1-18(2)29-22-16-10-9-15-21(22)26(25(29)32,28-24(31)20-13-7-4-8-14-20)17-27-23(30)19-11-5-3-6-12-19/h3-16,18H,17H2,1-2H3,(H,27,30)(H,28,31). The van der Waals surface area contributed by atoms with E-state index in [1.807, 2.05) is 50.2 Å². The Balaban J connectivity index is 1.74. The van der Waals surface area contributed by atoms with Crippen LogP contribution in [0.1, 0.15) is 40.1 Å². The molecule has 1 aliphatic rings. The molecular formula is C26H25N3O3. The number of rotatable bonds is 6. The molecule has 0 aliphatic carbocycles. The Labute approximate surface area is 187 Å². The van der Waals surface area contributed by atoms with Gasteiger partial charge in [-0.05, 0) is 44.2 Å². The summed E-state index contributed by atoms with van der Waals surface area (Å²) in [5, 5.41) is 5.83. The van der Waals surface area contributed by atoms with Crippen molar-refractivity contribution in [1.29, 1.82) is 0 Å². The van der Waals surface area contributed by atoms with Crippen LogP contribution < -0.4 is 15.5 Å². The van der Waals surface area contributed by atoms with E-state index in [0.29, 0.717) is 16.7 Å². The molecule has 162 valence electrons. The molecule has 3 amide bonds. The topological polar surface area (TPSA) is 78.5 Å². The molecule has 3 aromatic carbocycles. The van der Waals surface area contributed by atoms with Crippen molar-refractivity contribution in [2.45, 2.75) is 25.4 Å². The lowest BCUT2D eigenvalue weighted by atomic mass is 9.90. The molecule has 3 aromatic rings. The Morgan fingerprint density at radius 1 is 0.812 bits per heavy atom. The maximum absolute atomic E-state index is 13.8. The first-order valence-electron chi connectivity index (χ1n) is 10.6. The number of hydrogen-bond acceptors (Lipinski definition) is 3. The second kappa shape index (κ2) is 8.67. The molecular weight excluding hydrogens is 402 g/mol. The number of nitrogens with zero attached hydrogens (tertiary/aromatic N) is 1. The van der Waals surface area contributed by atoms with Crippen LogP contribution in [0.3, 0.4) is 0 Å². The zero-order valence-corrected chi connectivity index (χ0v) is 18.0. The highest BCUT2D eigenvalue weighted by Gasteiger charge is 2.52. The van der Waals surface area contributed by atoms with Crippen molar-refractivity contribution in [3.05, 3.63) is 102 Å². The number of carbonyl (C=O) groups is 3. The molecule has 0 bridgehead atoms. The van der Waals surface area contributed by atoms with Gasteiger partial charge in [0.25, 0.3) is 17.7 Å². The van der Waals surface area contributed by atoms with Crippen molar-refractivity contribution in [3.63, 3.8) is 0 Å². The van der Waals surface area contributed by atoms with Gasteiger partial charge in [0.05, 0.1) is 12.2 Å². The van der Waals surface area contributed by atoms with Crippen molar-refractivity contribution in [2.75, 3.05) is 11.4 Å². The average Bonchev–Trinajstić information content (AvgIpc) is 3.06. The van der Waals surface area contributed by atoms with E-state index in [1.54, 1.807) is 53.4 Å². The fourth-order valence-corrected chi connectivity index (χ4v) is 4.08. The molecule has 6 heteroatoms. The van der Waals surface area contributed by atoms with Crippen molar-refractivity contribution in [3.8, 4) is 0 Å². The number of benzene rings is 3. The summed E-state index contributed by atoms with van der Waals surface area (Å²) in [4.78, 5) is 41.4. The first-order chi connectivity index (χ1) is 15.4. The Hall–Kier alpha value is -3.93. The van der Waals surface area contributed by atoms with Gasteiger partial charge in [0.1, 0.15) is 0 Å². The monoisotopic (exact) mass is 427 g/mol. The van der Waals surface area contributed by atoms with E-state index in [0.717, 1.165) is 5.69 Å². The highest BCUT2D eigenvalue weighted by atomic mass is 16.2. The Bertz CT molecular complexity index is 1150. The summed E-state index contributed by atoms with van der Waals surface area (Å²) in [6, 6.07) is 24.8.